The van der Waals surface area contributed by atoms with Crippen LogP contribution in [0.4, 0.5) is 8.78 Å². The van der Waals surface area contributed by atoms with Crippen molar-refractivity contribution in [3.63, 3.8) is 0 Å². The standard InChI is InChI=1S/C25H24ClFN4O5.C13H15ClFNO.C13H12N2O5/c1-14(33)25-18-9-15(21(34)13-32)5-8-20(18)31(29-25)12-23(36)30(17-6-7-17)11-22(35)28-10-16-3-2-4-19(26)24(16)27;14-11-3-1-2-10(13(11)15)8-16-12(17)7-6-9-4-5-9;1-7(16)12-9-5-8(13(19)20-2)3-4-10(9)15(14-12)6-11(17)18/h2-5,8-9,17,32H,6-7,10-13H2,1H3,(H,28,35);1-3,9H,4-8H2,(H,16,17);3-5H,6H2,1-2H3,(H,17,18). The number of halogens is 4. The Labute approximate surface area is 426 Å². The molecule has 0 aliphatic heterocycles. The Morgan fingerprint density at radius 2 is 1.23 bits per heavy atom. The van der Waals surface area contributed by atoms with Crippen LogP contribution < -0.4 is 10.6 Å². The molecule has 6 aromatic rings. The van der Waals surface area contributed by atoms with E-state index >= 15 is 0 Å². The summed E-state index contributed by atoms with van der Waals surface area (Å²) in [5.41, 5.74) is 2.35. The topological polar surface area (TPSA) is 249 Å². The predicted molar refractivity (Wildman–Crippen MR) is 263 cm³/mol. The molecule has 2 aliphatic carbocycles. The second-order valence-corrected chi connectivity index (χ2v) is 18.1. The maximum atomic E-state index is 14.1. The van der Waals surface area contributed by atoms with E-state index < -0.39 is 41.9 Å². The van der Waals surface area contributed by atoms with Crippen LogP contribution in [0.3, 0.4) is 0 Å². The van der Waals surface area contributed by atoms with Gasteiger partial charge in [0.2, 0.25) is 17.7 Å². The first-order chi connectivity index (χ1) is 34.8. The number of benzene rings is 4. The van der Waals surface area contributed by atoms with Gasteiger partial charge in [-0.15, -0.1) is 0 Å². The third-order valence-electron chi connectivity index (χ3n) is 11.7. The molecular formula is C51H51Cl2F2N7O11. The van der Waals surface area contributed by atoms with Gasteiger partial charge in [0.05, 0.1) is 40.3 Å². The molecule has 0 saturated heterocycles. The number of aliphatic carboxylic acids is 1. The average Bonchev–Trinajstić information content (AvgIpc) is 4.32. The van der Waals surface area contributed by atoms with Crippen molar-refractivity contribution in [1.82, 2.24) is 35.1 Å². The first kappa shape index (κ1) is 54.9. The van der Waals surface area contributed by atoms with E-state index in [0.29, 0.717) is 33.8 Å². The van der Waals surface area contributed by atoms with E-state index in [4.69, 9.17) is 33.4 Å². The fourth-order valence-corrected chi connectivity index (χ4v) is 7.97. The molecule has 4 N–H and O–H groups in total. The minimum atomic E-state index is -1.07. The lowest BCUT2D eigenvalue weighted by molar-refractivity contribution is -0.138. The van der Waals surface area contributed by atoms with E-state index in [1.807, 2.05) is 0 Å². The number of nitrogens with one attached hydrogen (secondary N) is 2. The lowest BCUT2D eigenvalue weighted by atomic mass is 10.1. The van der Waals surface area contributed by atoms with Crippen molar-refractivity contribution < 1.29 is 62.1 Å². The highest BCUT2D eigenvalue weighted by Gasteiger charge is 2.34. The number of carbonyl (C=O) groups excluding carboxylic acids is 7. The summed E-state index contributed by atoms with van der Waals surface area (Å²) in [4.78, 5) is 96.6. The number of aliphatic hydroxyl groups is 1. The van der Waals surface area contributed by atoms with Crippen LogP contribution in [0.1, 0.15) is 105 Å². The average molecular weight is 1050 g/mol. The lowest BCUT2D eigenvalue weighted by Gasteiger charge is -2.22. The maximum absolute atomic E-state index is 14.1. The van der Waals surface area contributed by atoms with Crippen LogP contribution in [0.5, 0.6) is 0 Å². The Morgan fingerprint density at radius 3 is 1.71 bits per heavy atom. The number of carboxylic acids is 1. The van der Waals surface area contributed by atoms with Gasteiger partial charge >= 0.3 is 11.9 Å². The molecule has 384 valence electrons. The van der Waals surface area contributed by atoms with Gasteiger partial charge in [0.15, 0.2) is 17.3 Å². The Hall–Kier alpha value is -7.42. The Balaban J connectivity index is 0.000000197. The fraction of sp³-hybridized carbons (Fsp3) is 0.333. The van der Waals surface area contributed by atoms with Crippen molar-refractivity contribution in [3.8, 4) is 0 Å². The van der Waals surface area contributed by atoms with Crippen molar-refractivity contribution in [2.24, 2.45) is 5.92 Å². The number of hydrogen-bond donors (Lipinski definition) is 4. The summed E-state index contributed by atoms with van der Waals surface area (Å²) in [6.45, 7) is 1.34. The van der Waals surface area contributed by atoms with E-state index in [9.17, 15) is 47.1 Å². The molecule has 2 saturated carbocycles. The molecular weight excluding hydrogens is 996 g/mol. The predicted octanol–water partition coefficient (Wildman–Crippen LogP) is 6.91. The molecule has 4 aromatic carbocycles. The van der Waals surface area contributed by atoms with Gasteiger partial charge in [-0.05, 0) is 73.7 Å². The van der Waals surface area contributed by atoms with E-state index in [1.165, 1.54) is 90.5 Å². The summed E-state index contributed by atoms with van der Waals surface area (Å²) in [6, 6.07) is 18.3. The van der Waals surface area contributed by atoms with Crippen molar-refractivity contribution in [2.45, 2.75) is 84.6 Å². The van der Waals surface area contributed by atoms with Crippen LogP contribution in [-0.4, -0.2) is 108 Å². The smallest absolute Gasteiger partial charge is 0.337 e. The first-order valence-corrected chi connectivity index (χ1v) is 23.7. The number of ketones is 3. The van der Waals surface area contributed by atoms with Crippen LogP contribution >= 0.6 is 23.2 Å². The van der Waals surface area contributed by atoms with Gasteiger partial charge < -0.3 is 30.5 Å². The molecule has 73 heavy (non-hydrogen) atoms. The monoisotopic (exact) mass is 1050 g/mol. The third kappa shape index (κ3) is 14.6. The fourth-order valence-electron chi connectivity index (χ4n) is 7.58. The summed E-state index contributed by atoms with van der Waals surface area (Å²) in [5.74, 6) is -3.89. The van der Waals surface area contributed by atoms with Crippen LogP contribution in [-0.2, 0) is 50.1 Å². The molecule has 2 heterocycles. The normalized spacial score (nSPS) is 12.7. The van der Waals surface area contributed by atoms with Crippen molar-refractivity contribution in [3.05, 3.63) is 128 Å². The van der Waals surface area contributed by atoms with Gasteiger partial charge in [-0.3, -0.25) is 42.9 Å². The van der Waals surface area contributed by atoms with Crippen molar-refractivity contribution in [1.29, 1.82) is 0 Å². The van der Waals surface area contributed by atoms with Gasteiger partial charge in [0.1, 0.15) is 42.7 Å². The maximum Gasteiger partial charge on any atom is 0.337 e. The lowest BCUT2D eigenvalue weighted by Crippen LogP contribution is -2.43. The second kappa shape index (κ2) is 24.8. The van der Waals surface area contributed by atoms with Gasteiger partial charge in [-0.2, -0.15) is 10.2 Å². The number of methoxy groups -OCH3 is 1. The zero-order valence-electron chi connectivity index (χ0n) is 39.9. The minimum Gasteiger partial charge on any atom is -0.480 e. The highest BCUT2D eigenvalue weighted by atomic mass is 35.5. The Bertz CT molecular complexity index is 3110. The SMILES string of the molecule is CC(=O)c1nn(CC(=O)N(CC(=O)NCc2cccc(Cl)c2F)C2CC2)c2ccc(C(=O)CO)cc12.COC(=O)c1ccc2c(c1)c(C(C)=O)nn2CC(=O)O.O=C(CCC1CC1)NCc1cccc(Cl)c1F. The number of carboxylic acid groups (broad SMARTS) is 1. The highest BCUT2D eigenvalue weighted by Crippen LogP contribution is 2.33. The largest absolute Gasteiger partial charge is 0.480 e. The second-order valence-electron chi connectivity index (χ2n) is 17.3. The zero-order valence-corrected chi connectivity index (χ0v) is 41.4. The number of carbonyl (C=O) groups is 8. The van der Waals surface area contributed by atoms with Crippen molar-refractivity contribution >= 4 is 92.0 Å². The summed E-state index contributed by atoms with van der Waals surface area (Å²) >= 11 is 11.4. The quantitative estimate of drug-likeness (QED) is 0.0476. The molecule has 2 fully saturated rings. The van der Waals surface area contributed by atoms with Crippen molar-refractivity contribution in [2.75, 3.05) is 20.3 Å². The number of nitrogens with zero attached hydrogens (tertiary/aromatic N) is 5. The molecule has 0 spiro atoms. The molecule has 8 rings (SSSR count). The van der Waals surface area contributed by atoms with E-state index in [2.05, 4.69) is 25.6 Å². The number of ether oxygens (including phenoxy) is 1. The number of amides is 3. The molecule has 0 atom stereocenters. The van der Waals surface area contributed by atoms with E-state index in [0.717, 1.165) is 25.2 Å². The molecule has 0 radical (unpaired) electrons. The molecule has 18 nitrogen and oxygen atoms in total. The number of Topliss-reactive ketones (excluding diaryl/α,β-unsaturated/α-hetero) is 3. The Kier molecular flexibility index (Phi) is 18.7. The van der Waals surface area contributed by atoms with Crippen LogP contribution in [0, 0.1) is 17.6 Å². The van der Waals surface area contributed by atoms with Crippen LogP contribution in [0.15, 0.2) is 72.8 Å². The summed E-state index contributed by atoms with van der Waals surface area (Å²) in [5, 5.41) is 32.5. The van der Waals surface area contributed by atoms with Gasteiger partial charge in [0, 0.05) is 66.9 Å². The molecule has 3 amide bonds. The first-order valence-electron chi connectivity index (χ1n) is 23.0. The summed E-state index contributed by atoms with van der Waals surface area (Å²) < 4.78 is 34.8. The number of rotatable bonds is 19. The molecule has 0 unspecified atom stereocenters. The van der Waals surface area contributed by atoms with Gasteiger partial charge in [0.25, 0.3) is 0 Å². The number of aliphatic hydroxyl groups excluding tert-OH is 1. The zero-order chi connectivity index (χ0) is 53.1. The minimum absolute atomic E-state index is 0.0173. The highest BCUT2D eigenvalue weighted by molar-refractivity contribution is 6.31. The molecule has 2 aromatic heterocycles. The Morgan fingerprint density at radius 1 is 0.726 bits per heavy atom. The third-order valence-corrected chi connectivity index (χ3v) is 12.3. The number of esters is 1. The van der Waals surface area contributed by atoms with Gasteiger partial charge in [-0.1, -0.05) is 60.3 Å². The van der Waals surface area contributed by atoms with Crippen LogP contribution in [0.2, 0.25) is 10.0 Å². The summed E-state index contributed by atoms with van der Waals surface area (Å²) in [7, 11) is 1.26. The molecule has 22 heteroatoms. The van der Waals surface area contributed by atoms with Gasteiger partial charge in [-0.25, -0.2) is 13.6 Å². The molecule has 0 bridgehead atoms. The van der Waals surface area contributed by atoms with Crippen LogP contribution in [0.25, 0.3) is 21.8 Å². The van der Waals surface area contributed by atoms with E-state index in [-0.39, 0.29) is 100 Å². The molecule has 2 aliphatic rings. The number of aromatic nitrogens is 4. The number of hydrogen-bond acceptors (Lipinski definition) is 12. The number of fused-ring (bicyclic) bond motifs is 2. The summed E-state index contributed by atoms with van der Waals surface area (Å²) in [6.07, 6.45) is 5.49. The van der Waals surface area contributed by atoms with E-state index in [1.54, 1.807) is 30.3 Å².